The van der Waals surface area contributed by atoms with Crippen molar-refractivity contribution in [1.29, 1.82) is 0 Å². The minimum absolute atomic E-state index is 0. The molecule has 0 atom stereocenters. The van der Waals surface area contributed by atoms with Crippen LogP contribution in [0.5, 0.6) is 0 Å². The molecule has 0 aromatic heterocycles. The van der Waals surface area contributed by atoms with E-state index in [9.17, 15) is 0 Å². The molecule has 2 rings (SSSR count). The zero-order valence-electron chi connectivity index (χ0n) is 18.1. The molecule has 2 aliphatic rings. The molecule has 2 aliphatic heterocycles. The van der Waals surface area contributed by atoms with Gasteiger partial charge in [-0.15, -0.1) is 24.0 Å². The Hall–Kier alpha value is -0.120. The maximum atomic E-state index is 5.81. The fraction of sp³-hybridized carbons (Fsp3) is 0.952. The number of nitrogens with one attached hydrogen (secondary N) is 2. The molecule has 0 amide bonds. The Labute approximate surface area is 189 Å². The number of unbranched alkanes of at least 4 members (excludes halogenated alkanes) is 1. The summed E-state index contributed by atoms with van der Waals surface area (Å²) >= 11 is 0. The lowest BCUT2D eigenvalue weighted by atomic mass is 9.99. The van der Waals surface area contributed by atoms with Gasteiger partial charge in [0.2, 0.25) is 0 Å². The van der Waals surface area contributed by atoms with Gasteiger partial charge in [0.25, 0.3) is 0 Å². The highest BCUT2D eigenvalue weighted by Gasteiger charge is 2.15. The van der Waals surface area contributed by atoms with Crippen LogP contribution in [0.3, 0.4) is 0 Å². The summed E-state index contributed by atoms with van der Waals surface area (Å²) in [5, 5.41) is 6.80. The first kappa shape index (κ1) is 25.9. The van der Waals surface area contributed by atoms with Gasteiger partial charge < -0.3 is 25.0 Å². The first-order chi connectivity index (χ1) is 13.3. The van der Waals surface area contributed by atoms with Crippen LogP contribution >= 0.6 is 24.0 Å². The van der Waals surface area contributed by atoms with Gasteiger partial charge in [0.1, 0.15) is 0 Å². The number of nitrogens with zero attached hydrogens (tertiary/aromatic N) is 2. The van der Waals surface area contributed by atoms with E-state index in [0.29, 0.717) is 5.92 Å². The number of halogens is 1. The first-order valence-electron chi connectivity index (χ1n) is 11.1. The number of likely N-dealkylation sites (tertiary alicyclic amines) is 1. The molecule has 166 valence electrons. The van der Waals surface area contributed by atoms with Crippen LogP contribution in [-0.4, -0.2) is 77.1 Å². The lowest BCUT2D eigenvalue weighted by molar-refractivity contribution is 0.0203. The van der Waals surface area contributed by atoms with Gasteiger partial charge >= 0.3 is 0 Å². The van der Waals surface area contributed by atoms with Crippen molar-refractivity contribution in [3.8, 4) is 0 Å². The third kappa shape index (κ3) is 11.8. The van der Waals surface area contributed by atoms with E-state index in [4.69, 9.17) is 9.47 Å². The third-order valence-electron chi connectivity index (χ3n) is 5.75. The second-order valence-electron chi connectivity index (χ2n) is 8.14. The highest BCUT2D eigenvalue weighted by atomic mass is 127. The maximum Gasteiger partial charge on any atom is 0.190 e. The third-order valence-corrected chi connectivity index (χ3v) is 5.75. The topological polar surface area (TPSA) is 58.1 Å². The summed E-state index contributed by atoms with van der Waals surface area (Å²) < 4.78 is 11.2. The molecule has 0 saturated carbocycles. The summed E-state index contributed by atoms with van der Waals surface area (Å²) in [6.07, 6.45) is 8.50. The monoisotopic (exact) mass is 510 g/mol. The first-order valence-corrected chi connectivity index (χ1v) is 11.1. The molecule has 0 bridgehead atoms. The summed E-state index contributed by atoms with van der Waals surface area (Å²) in [6.45, 7) is 11.6. The van der Waals surface area contributed by atoms with Crippen molar-refractivity contribution in [1.82, 2.24) is 15.5 Å². The summed E-state index contributed by atoms with van der Waals surface area (Å²) in [7, 11) is 1.84. The highest BCUT2D eigenvalue weighted by Crippen LogP contribution is 2.16. The normalized spacial score (nSPS) is 20.0. The van der Waals surface area contributed by atoms with Crippen molar-refractivity contribution >= 4 is 29.9 Å². The average molecular weight is 511 g/mol. The van der Waals surface area contributed by atoms with Gasteiger partial charge in [0, 0.05) is 46.6 Å². The molecule has 0 aromatic rings. The molecule has 2 fully saturated rings. The molecular formula is C21H43IN4O2. The number of rotatable bonds is 11. The van der Waals surface area contributed by atoms with Crippen molar-refractivity contribution in [2.24, 2.45) is 16.8 Å². The van der Waals surface area contributed by atoms with Gasteiger partial charge in [0.15, 0.2) is 5.96 Å². The van der Waals surface area contributed by atoms with Crippen LogP contribution < -0.4 is 10.6 Å². The fourth-order valence-electron chi connectivity index (χ4n) is 3.72. The Morgan fingerprint density at radius 3 is 2.39 bits per heavy atom. The van der Waals surface area contributed by atoms with Crippen molar-refractivity contribution in [3.05, 3.63) is 0 Å². The molecule has 2 N–H and O–H groups in total. The number of ether oxygens (including phenoxy) is 2. The molecular weight excluding hydrogens is 467 g/mol. The predicted molar refractivity (Wildman–Crippen MR) is 128 cm³/mol. The molecule has 0 spiro atoms. The number of piperidine rings is 1. The van der Waals surface area contributed by atoms with E-state index < -0.39 is 0 Å². The van der Waals surface area contributed by atoms with Gasteiger partial charge in [-0.05, 0) is 76.4 Å². The van der Waals surface area contributed by atoms with Crippen LogP contribution in [0.4, 0.5) is 0 Å². The highest BCUT2D eigenvalue weighted by molar-refractivity contribution is 14.0. The predicted octanol–water partition coefficient (Wildman–Crippen LogP) is 3.11. The Balaban J connectivity index is 0.00000392. The van der Waals surface area contributed by atoms with Crippen molar-refractivity contribution < 1.29 is 9.47 Å². The van der Waals surface area contributed by atoms with Gasteiger partial charge in [0.05, 0.1) is 0 Å². The van der Waals surface area contributed by atoms with E-state index in [0.717, 1.165) is 70.7 Å². The van der Waals surface area contributed by atoms with Crippen LogP contribution in [0, 0.1) is 11.8 Å². The number of hydrogen-bond donors (Lipinski definition) is 2. The molecule has 7 heteroatoms. The molecule has 0 aliphatic carbocycles. The van der Waals surface area contributed by atoms with Gasteiger partial charge in [-0.1, -0.05) is 6.92 Å². The lowest BCUT2D eigenvalue weighted by Gasteiger charge is -2.30. The fourth-order valence-corrected chi connectivity index (χ4v) is 3.72. The van der Waals surface area contributed by atoms with E-state index in [-0.39, 0.29) is 24.0 Å². The zero-order valence-corrected chi connectivity index (χ0v) is 20.4. The van der Waals surface area contributed by atoms with Crippen molar-refractivity contribution in [2.45, 2.75) is 51.9 Å². The summed E-state index contributed by atoms with van der Waals surface area (Å²) in [6, 6.07) is 0. The van der Waals surface area contributed by atoms with E-state index >= 15 is 0 Å². The Morgan fingerprint density at radius 1 is 1.04 bits per heavy atom. The molecule has 2 saturated heterocycles. The summed E-state index contributed by atoms with van der Waals surface area (Å²) in [5.74, 6) is 2.52. The van der Waals surface area contributed by atoms with Crippen LogP contribution in [-0.2, 0) is 9.47 Å². The maximum absolute atomic E-state index is 5.81. The van der Waals surface area contributed by atoms with Crippen LogP contribution in [0.15, 0.2) is 4.99 Å². The lowest BCUT2D eigenvalue weighted by Crippen LogP contribution is -2.39. The van der Waals surface area contributed by atoms with E-state index in [1.807, 2.05) is 7.05 Å². The second-order valence-corrected chi connectivity index (χ2v) is 8.14. The second kappa shape index (κ2) is 16.7. The van der Waals surface area contributed by atoms with Crippen molar-refractivity contribution in [2.75, 3.05) is 66.2 Å². The summed E-state index contributed by atoms with van der Waals surface area (Å²) in [4.78, 5) is 6.92. The van der Waals surface area contributed by atoms with E-state index in [1.165, 1.54) is 45.3 Å². The molecule has 0 radical (unpaired) electrons. The molecule has 2 heterocycles. The smallest absolute Gasteiger partial charge is 0.190 e. The SMILES string of the molecule is CN=C(NCCCCN1CCC(C)CC1)NCCCOCC1CCOCC1.I. The Morgan fingerprint density at radius 2 is 1.71 bits per heavy atom. The number of hydrogen-bond acceptors (Lipinski definition) is 4. The van der Waals surface area contributed by atoms with Crippen LogP contribution in [0.25, 0.3) is 0 Å². The van der Waals surface area contributed by atoms with Gasteiger partial charge in [-0.3, -0.25) is 4.99 Å². The van der Waals surface area contributed by atoms with E-state index in [2.05, 4.69) is 27.4 Å². The largest absolute Gasteiger partial charge is 0.381 e. The minimum Gasteiger partial charge on any atom is -0.381 e. The average Bonchev–Trinajstić information content (AvgIpc) is 2.71. The molecule has 6 nitrogen and oxygen atoms in total. The summed E-state index contributed by atoms with van der Waals surface area (Å²) in [5.41, 5.74) is 0. The van der Waals surface area contributed by atoms with Gasteiger partial charge in [-0.2, -0.15) is 0 Å². The molecule has 28 heavy (non-hydrogen) atoms. The van der Waals surface area contributed by atoms with E-state index in [1.54, 1.807) is 0 Å². The minimum atomic E-state index is 0. The quantitative estimate of drug-likeness (QED) is 0.194. The van der Waals surface area contributed by atoms with Crippen molar-refractivity contribution in [3.63, 3.8) is 0 Å². The zero-order chi connectivity index (χ0) is 19.2. The van der Waals surface area contributed by atoms with Crippen LogP contribution in [0.1, 0.15) is 51.9 Å². The molecule has 0 unspecified atom stereocenters. The Bertz CT molecular complexity index is 398. The standard InChI is InChI=1S/C21H42N4O2.HI/c1-19-6-13-25(14-7-19)12-4-3-10-23-21(22-2)24-11-5-15-27-18-20-8-16-26-17-9-20;/h19-20H,3-18H2,1-2H3,(H2,22,23,24);1H. The Kier molecular flexibility index (Phi) is 15.4. The number of guanidine groups is 1. The van der Waals surface area contributed by atoms with Gasteiger partial charge in [-0.25, -0.2) is 0 Å². The molecule has 0 aromatic carbocycles. The number of aliphatic imine (C=N–C) groups is 1. The van der Waals surface area contributed by atoms with Crippen LogP contribution in [0.2, 0.25) is 0 Å².